The molecular weight excluding hydrogens is 250 g/mol. The lowest BCUT2D eigenvalue weighted by molar-refractivity contribution is -0.148. The summed E-state index contributed by atoms with van der Waals surface area (Å²) in [6.45, 7) is 7.98. The molecule has 1 atom stereocenters. The van der Waals surface area contributed by atoms with Crippen molar-refractivity contribution in [1.29, 1.82) is 0 Å². The number of aliphatic carboxylic acids is 1. The van der Waals surface area contributed by atoms with Gasteiger partial charge in [-0.25, -0.2) is 4.79 Å². The molecule has 1 heterocycles. The molecule has 1 N–H and O–H groups in total. The van der Waals surface area contributed by atoms with Crippen molar-refractivity contribution in [3.8, 4) is 0 Å². The van der Waals surface area contributed by atoms with Crippen molar-refractivity contribution >= 4 is 24.1 Å². The fourth-order valence-electron chi connectivity index (χ4n) is 3.01. The minimum atomic E-state index is -0.909. The highest BCUT2D eigenvalue weighted by Gasteiger charge is 2.57. The van der Waals surface area contributed by atoms with Crippen LogP contribution in [0.2, 0.25) is 0 Å². The van der Waals surface area contributed by atoms with Gasteiger partial charge in [0.1, 0.15) is 6.04 Å². The largest absolute Gasteiger partial charge is 0.480 e. The molecule has 1 fully saturated rings. The number of nitrogens with zero attached hydrogens (tertiary/aromatic N) is 1. The highest BCUT2D eigenvalue weighted by Crippen LogP contribution is 2.54. The Morgan fingerprint density at radius 1 is 1.33 bits per heavy atom. The molecule has 0 saturated carbocycles. The van der Waals surface area contributed by atoms with Gasteiger partial charge < -0.3 is 10.0 Å². The van der Waals surface area contributed by atoms with Crippen molar-refractivity contribution in [3.05, 3.63) is 0 Å². The second-order valence-corrected chi connectivity index (χ2v) is 7.42. The molecule has 1 aliphatic heterocycles. The van der Waals surface area contributed by atoms with Crippen molar-refractivity contribution < 1.29 is 14.7 Å². The Balaban J connectivity index is 3.19. The number of hydrogen-bond donors (Lipinski definition) is 1. The van der Waals surface area contributed by atoms with Gasteiger partial charge in [0.25, 0.3) is 0 Å². The molecule has 1 saturated heterocycles. The van der Waals surface area contributed by atoms with Crippen molar-refractivity contribution in [2.24, 2.45) is 0 Å². The molecule has 0 bridgehead atoms. The molecule has 0 radical (unpaired) electrons. The van der Waals surface area contributed by atoms with Gasteiger partial charge in [0.15, 0.2) is 0 Å². The van der Waals surface area contributed by atoms with Gasteiger partial charge in [0.05, 0.1) is 4.87 Å². The zero-order valence-electron chi connectivity index (χ0n) is 11.6. The summed E-state index contributed by atoms with van der Waals surface area (Å²) in [6.07, 6.45) is 4.31. The van der Waals surface area contributed by atoms with Gasteiger partial charge >= 0.3 is 5.97 Å². The number of carbonyl (C=O) groups is 2. The molecule has 0 aromatic heterocycles. The number of rotatable bonds is 6. The fourth-order valence-corrected chi connectivity index (χ4v) is 5.18. The van der Waals surface area contributed by atoms with Gasteiger partial charge in [-0.1, -0.05) is 26.7 Å². The van der Waals surface area contributed by atoms with Gasteiger partial charge in [-0.2, -0.15) is 0 Å². The summed E-state index contributed by atoms with van der Waals surface area (Å²) >= 11 is 1.65. The van der Waals surface area contributed by atoms with Crippen LogP contribution in [0.4, 0.5) is 0 Å². The molecular formula is C13H23NO3S. The van der Waals surface area contributed by atoms with E-state index in [0.29, 0.717) is 0 Å². The number of amides is 1. The van der Waals surface area contributed by atoms with E-state index in [9.17, 15) is 14.7 Å². The number of hydrogen-bond acceptors (Lipinski definition) is 3. The maximum Gasteiger partial charge on any atom is 0.327 e. The van der Waals surface area contributed by atoms with E-state index >= 15 is 0 Å². The lowest BCUT2D eigenvalue weighted by Gasteiger charge is -2.36. The van der Waals surface area contributed by atoms with Crippen LogP contribution in [0.1, 0.15) is 53.4 Å². The second kappa shape index (κ2) is 5.51. The average molecular weight is 273 g/mol. The summed E-state index contributed by atoms with van der Waals surface area (Å²) in [5, 5.41) is 9.41. The number of carbonyl (C=O) groups excluding carboxylic acids is 1. The molecule has 1 rings (SSSR count). The SMILES string of the molecule is CCCC1(CCC)SC(C)(C)C(C(=O)O)N1C=O. The molecule has 0 aliphatic carbocycles. The zero-order valence-corrected chi connectivity index (χ0v) is 12.4. The molecule has 0 aromatic carbocycles. The van der Waals surface area contributed by atoms with Crippen LogP contribution in [0.5, 0.6) is 0 Å². The topological polar surface area (TPSA) is 57.6 Å². The number of thioether (sulfide) groups is 1. The van der Waals surface area contributed by atoms with Crippen molar-refractivity contribution in [3.63, 3.8) is 0 Å². The lowest BCUT2D eigenvalue weighted by Crippen LogP contribution is -2.51. The van der Waals surface area contributed by atoms with Crippen LogP contribution in [0, 0.1) is 0 Å². The number of carboxylic acid groups (broad SMARTS) is 1. The maximum absolute atomic E-state index is 11.5. The molecule has 0 spiro atoms. The first kappa shape index (κ1) is 15.3. The van der Waals surface area contributed by atoms with Crippen LogP contribution in [-0.4, -0.2) is 38.0 Å². The minimum absolute atomic E-state index is 0.349. The summed E-state index contributed by atoms with van der Waals surface area (Å²) in [4.78, 5) is 24.1. The molecule has 0 aromatic rings. The third kappa shape index (κ3) is 2.51. The Bertz CT molecular complexity index is 324. The van der Waals surface area contributed by atoms with Crippen LogP contribution < -0.4 is 0 Å². The average Bonchev–Trinajstić information content (AvgIpc) is 2.46. The number of carboxylic acids is 1. The van der Waals surface area contributed by atoms with E-state index < -0.39 is 16.8 Å². The summed E-state index contributed by atoms with van der Waals surface area (Å²) in [7, 11) is 0. The standard InChI is InChI=1S/C13H23NO3S/c1-5-7-13(8-6-2)14(9-15)10(11(16)17)12(3,4)18-13/h9-10H,5-8H2,1-4H3,(H,16,17). The monoisotopic (exact) mass is 273 g/mol. The summed E-state index contributed by atoms with van der Waals surface area (Å²) in [5.74, 6) is -0.909. The normalized spacial score (nSPS) is 25.1. The lowest BCUT2D eigenvalue weighted by atomic mass is 9.97. The van der Waals surface area contributed by atoms with E-state index in [-0.39, 0.29) is 4.87 Å². The van der Waals surface area contributed by atoms with Crippen LogP contribution in [0.15, 0.2) is 0 Å². The third-order valence-corrected chi connectivity index (χ3v) is 5.24. The Hall–Kier alpha value is -0.710. The van der Waals surface area contributed by atoms with E-state index in [0.717, 1.165) is 32.1 Å². The smallest absolute Gasteiger partial charge is 0.327 e. The van der Waals surface area contributed by atoms with Crippen LogP contribution in [0.25, 0.3) is 0 Å². The van der Waals surface area contributed by atoms with E-state index in [2.05, 4.69) is 13.8 Å². The van der Waals surface area contributed by atoms with Gasteiger partial charge in [0.2, 0.25) is 6.41 Å². The van der Waals surface area contributed by atoms with Crippen molar-refractivity contribution in [2.45, 2.75) is 69.0 Å². The Morgan fingerprint density at radius 3 is 2.17 bits per heavy atom. The first-order valence-corrected chi connectivity index (χ1v) is 7.33. The predicted molar refractivity (Wildman–Crippen MR) is 73.5 cm³/mol. The predicted octanol–water partition coefficient (Wildman–Crippen LogP) is 2.72. The second-order valence-electron chi connectivity index (χ2n) is 5.41. The maximum atomic E-state index is 11.5. The highest BCUT2D eigenvalue weighted by molar-refractivity contribution is 8.02. The molecule has 4 nitrogen and oxygen atoms in total. The minimum Gasteiger partial charge on any atom is -0.480 e. The van der Waals surface area contributed by atoms with Crippen molar-refractivity contribution in [2.75, 3.05) is 0 Å². The first-order valence-electron chi connectivity index (χ1n) is 6.51. The van der Waals surface area contributed by atoms with Gasteiger partial charge in [-0.3, -0.25) is 4.79 Å². The first-order chi connectivity index (χ1) is 8.34. The molecule has 18 heavy (non-hydrogen) atoms. The molecule has 104 valence electrons. The van der Waals surface area contributed by atoms with Gasteiger partial charge in [0, 0.05) is 4.75 Å². The quantitative estimate of drug-likeness (QED) is 0.756. The Kier molecular flexibility index (Phi) is 4.70. The van der Waals surface area contributed by atoms with E-state index in [1.807, 2.05) is 13.8 Å². The van der Waals surface area contributed by atoms with E-state index in [1.165, 1.54) is 0 Å². The van der Waals surface area contributed by atoms with Crippen LogP contribution >= 0.6 is 11.8 Å². The Morgan fingerprint density at radius 2 is 1.83 bits per heavy atom. The highest BCUT2D eigenvalue weighted by atomic mass is 32.2. The molecule has 5 heteroatoms. The van der Waals surface area contributed by atoms with Gasteiger partial charge in [-0.05, 0) is 26.7 Å². The van der Waals surface area contributed by atoms with E-state index in [1.54, 1.807) is 16.7 Å². The third-order valence-electron chi connectivity index (χ3n) is 3.49. The van der Waals surface area contributed by atoms with Gasteiger partial charge in [-0.15, -0.1) is 11.8 Å². The van der Waals surface area contributed by atoms with Crippen LogP contribution in [0.3, 0.4) is 0 Å². The molecule has 1 unspecified atom stereocenters. The van der Waals surface area contributed by atoms with E-state index in [4.69, 9.17) is 0 Å². The molecule has 1 aliphatic rings. The summed E-state index contributed by atoms with van der Waals surface area (Å²) in [5.41, 5.74) is 0. The Labute approximate surface area is 113 Å². The summed E-state index contributed by atoms with van der Waals surface area (Å²) < 4.78 is -0.447. The zero-order chi connectivity index (χ0) is 14.0. The molecule has 1 amide bonds. The van der Waals surface area contributed by atoms with Crippen LogP contribution in [-0.2, 0) is 9.59 Å². The van der Waals surface area contributed by atoms with Crippen molar-refractivity contribution in [1.82, 2.24) is 4.90 Å². The summed E-state index contributed by atoms with van der Waals surface area (Å²) in [6, 6.07) is -0.738. The fraction of sp³-hybridized carbons (Fsp3) is 0.846.